The normalized spacial score (nSPS) is 16.2. The SMILES string of the molecule is Clc1ccc2c(c1)C(c1ccccc1Cl)=NCC1=NN=CCN12. The Morgan fingerprint density at radius 2 is 1.87 bits per heavy atom. The molecule has 23 heavy (non-hydrogen) atoms. The highest BCUT2D eigenvalue weighted by atomic mass is 35.5. The van der Waals surface area contributed by atoms with Crippen molar-refractivity contribution in [3.8, 4) is 0 Å². The average Bonchev–Trinajstić information content (AvgIpc) is 2.72. The standard InChI is InChI=1S/C17H12Cl2N4/c18-11-5-6-15-13(9-11)17(12-3-1-2-4-14(12)19)20-10-16-22-21-7-8-23(15)16/h1-7,9H,8,10H2. The quantitative estimate of drug-likeness (QED) is 0.770. The molecule has 0 atom stereocenters. The van der Waals surface area contributed by atoms with Gasteiger partial charge in [-0.2, -0.15) is 5.10 Å². The van der Waals surface area contributed by atoms with Crippen LogP contribution in [0.1, 0.15) is 11.1 Å². The van der Waals surface area contributed by atoms with Crippen molar-refractivity contribution < 1.29 is 0 Å². The second-order valence-electron chi connectivity index (χ2n) is 5.23. The summed E-state index contributed by atoms with van der Waals surface area (Å²) < 4.78 is 0. The van der Waals surface area contributed by atoms with E-state index in [4.69, 9.17) is 28.2 Å². The number of fused-ring (bicyclic) bond motifs is 3. The Balaban J connectivity index is 1.96. The molecule has 0 radical (unpaired) electrons. The van der Waals surface area contributed by atoms with E-state index in [2.05, 4.69) is 15.1 Å². The number of benzene rings is 2. The van der Waals surface area contributed by atoms with E-state index in [9.17, 15) is 0 Å². The van der Waals surface area contributed by atoms with Gasteiger partial charge in [-0.25, -0.2) is 0 Å². The number of anilines is 1. The van der Waals surface area contributed by atoms with E-state index in [1.165, 1.54) is 0 Å². The number of rotatable bonds is 1. The first kappa shape index (κ1) is 14.4. The zero-order valence-electron chi connectivity index (χ0n) is 12.1. The van der Waals surface area contributed by atoms with E-state index in [1.807, 2.05) is 42.5 Å². The minimum absolute atomic E-state index is 0.449. The number of nitrogens with zero attached hydrogens (tertiary/aromatic N) is 4. The number of aliphatic imine (C=N–C) groups is 1. The highest BCUT2D eigenvalue weighted by molar-refractivity contribution is 6.37. The maximum atomic E-state index is 6.39. The highest BCUT2D eigenvalue weighted by Gasteiger charge is 2.25. The van der Waals surface area contributed by atoms with E-state index >= 15 is 0 Å². The van der Waals surface area contributed by atoms with Crippen molar-refractivity contribution in [1.29, 1.82) is 0 Å². The monoisotopic (exact) mass is 342 g/mol. The van der Waals surface area contributed by atoms with Gasteiger partial charge in [0.25, 0.3) is 0 Å². The fourth-order valence-electron chi connectivity index (χ4n) is 2.79. The van der Waals surface area contributed by atoms with Gasteiger partial charge in [0.05, 0.1) is 24.5 Å². The summed E-state index contributed by atoms with van der Waals surface area (Å²) >= 11 is 12.6. The Kier molecular flexibility index (Phi) is 3.63. The Morgan fingerprint density at radius 3 is 2.74 bits per heavy atom. The molecule has 0 bridgehead atoms. The van der Waals surface area contributed by atoms with Crippen molar-refractivity contribution in [3.05, 3.63) is 63.6 Å². The van der Waals surface area contributed by atoms with Gasteiger partial charge in [-0.05, 0) is 24.3 Å². The summed E-state index contributed by atoms with van der Waals surface area (Å²) in [6, 6.07) is 13.5. The van der Waals surface area contributed by atoms with E-state index in [0.717, 1.165) is 28.4 Å². The molecule has 4 nitrogen and oxygen atoms in total. The number of halogens is 2. The smallest absolute Gasteiger partial charge is 0.154 e. The van der Waals surface area contributed by atoms with Crippen molar-refractivity contribution in [1.82, 2.24) is 0 Å². The molecular formula is C17H12Cl2N4. The van der Waals surface area contributed by atoms with Crippen LogP contribution in [0.2, 0.25) is 10.0 Å². The van der Waals surface area contributed by atoms with Gasteiger partial charge >= 0.3 is 0 Å². The van der Waals surface area contributed by atoms with Gasteiger partial charge in [0.2, 0.25) is 0 Å². The predicted octanol–water partition coefficient (Wildman–Crippen LogP) is 4.05. The van der Waals surface area contributed by atoms with Gasteiger partial charge in [0.1, 0.15) is 0 Å². The minimum atomic E-state index is 0.449. The number of amidine groups is 1. The molecule has 4 rings (SSSR count). The summed E-state index contributed by atoms with van der Waals surface area (Å²) in [6.07, 6.45) is 1.78. The summed E-state index contributed by atoms with van der Waals surface area (Å²) in [6.45, 7) is 1.11. The molecular weight excluding hydrogens is 331 g/mol. The van der Waals surface area contributed by atoms with Crippen LogP contribution in [0.5, 0.6) is 0 Å². The second kappa shape index (κ2) is 5.80. The first-order valence-electron chi connectivity index (χ1n) is 7.19. The van der Waals surface area contributed by atoms with Crippen LogP contribution in [-0.2, 0) is 0 Å². The zero-order chi connectivity index (χ0) is 15.8. The molecule has 0 saturated heterocycles. The molecule has 2 heterocycles. The largest absolute Gasteiger partial charge is 0.321 e. The first-order valence-corrected chi connectivity index (χ1v) is 7.95. The molecule has 2 aromatic rings. The molecule has 114 valence electrons. The molecule has 2 aromatic carbocycles. The maximum Gasteiger partial charge on any atom is 0.154 e. The maximum absolute atomic E-state index is 6.39. The molecule has 0 amide bonds. The van der Waals surface area contributed by atoms with Crippen LogP contribution in [-0.4, -0.2) is 30.9 Å². The Bertz CT molecular complexity index is 871. The molecule has 0 unspecified atom stereocenters. The lowest BCUT2D eigenvalue weighted by atomic mass is 10.00. The van der Waals surface area contributed by atoms with Crippen LogP contribution in [0, 0.1) is 0 Å². The molecule has 2 aliphatic rings. The van der Waals surface area contributed by atoms with E-state index in [1.54, 1.807) is 6.21 Å². The van der Waals surface area contributed by atoms with Gasteiger partial charge < -0.3 is 4.90 Å². The molecule has 0 saturated carbocycles. The van der Waals surface area contributed by atoms with E-state index in [-0.39, 0.29) is 0 Å². The molecule has 6 heteroatoms. The Morgan fingerprint density at radius 1 is 1.00 bits per heavy atom. The van der Waals surface area contributed by atoms with Crippen LogP contribution in [0.15, 0.2) is 57.7 Å². The molecule has 2 aliphatic heterocycles. The Hall–Kier alpha value is -2.17. The lowest BCUT2D eigenvalue weighted by Crippen LogP contribution is -2.36. The molecule has 0 aromatic heterocycles. The van der Waals surface area contributed by atoms with Crippen LogP contribution >= 0.6 is 23.2 Å². The fourth-order valence-corrected chi connectivity index (χ4v) is 3.19. The van der Waals surface area contributed by atoms with E-state index in [0.29, 0.717) is 23.1 Å². The summed E-state index contributed by atoms with van der Waals surface area (Å²) in [5, 5.41) is 9.55. The van der Waals surface area contributed by atoms with Crippen molar-refractivity contribution in [2.75, 3.05) is 18.0 Å². The molecule has 0 spiro atoms. The summed E-state index contributed by atoms with van der Waals surface area (Å²) in [4.78, 5) is 6.85. The van der Waals surface area contributed by atoms with Gasteiger partial charge in [-0.1, -0.05) is 41.4 Å². The molecule has 0 aliphatic carbocycles. The predicted molar refractivity (Wildman–Crippen MR) is 96.7 cm³/mol. The first-order chi connectivity index (χ1) is 11.2. The summed E-state index contributed by atoms with van der Waals surface area (Å²) in [5.74, 6) is 0.818. The average molecular weight is 343 g/mol. The summed E-state index contributed by atoms with van der Waals surface area (Å²) in [7, 11) is 0. The third-order valence-electron chi connectivity index (χ3n) is 3.84. The van der Waals surface area contributed by atoms with Gasteiger partial charge in [0, 0.05) is 27.4 Å². The van der Waals surface area contributed by atoms with Gasteiger partial charge in [-0.3, -0.25) is 4.99 Å². The fraction of sp³-hybridized carbons (Fsp3) is 0.118. The Labute approximate surface area is 143 Å². The topological polar surface area (TPSA) is 40.3 Å². The van der Waals surface area contributed by atoms with Gasteiger partial charge in [0.15, 0.2) is 5.84 Å². The number of hydrogen-bond acceptors (Lipinski definition) is 4. The van der Waals surface area contributed by atoms with Crippen molar-refractivity contribution >= 4 is 46.7 Å². The van der Waals surface area contributed by atoms with Gasteiger partial charge in [-0.15, -0.1) is 5.10 Å². The van der Waals surface area contributed by atoms with Crippen molar-refractivity contribution in [2.24, 2.45) is 15.2 Å². The number of hydrogen-bond donors (Lipinski definition) is 0. The molecule has 0 fully saturated rings. The van der Waals surface area contributed by atoms with Crippen LogP contribution in [0.4, 0.5) is 5.69 Å². The second-order valence-corrected chi connectivity index (χ2v) is 6.07. The third kappa shape index (κ3) is 2.54. The minimum Gasteiger partial charge on any atom is -0.321 e. The lowest BCUT2D eigenvalue weighted by Gasteiger charge is -2.25. The van der Waals surface area contributed by atoms with Crippen molar-refractivity contribution in [3.63, 3.8) is 0 Å². The summed E-state index contributed by atoms with van der Waals surface area (Å²) in [5.41, 5.74) is 3.67. The van der Waals surface area contributed by atoms with Crippen LogP contribution < -0.4 is 4.90 Å². The van der Waals surface area contributed by atoms with Crippen LogP contribution in [0.25, 0.3) is 0 Å². The van der Waals surface area contributed by atoms with Crippen LogP contribution in [0.3, 0.4) is 0 Å². The van der Waals surface area contributed by atoms with Crippen molar-refractivity contribution in [2.45, 2.75) is 0 Å². The third-order valence-corrected chi connectivity index (χ3v) is 4.41. The zero-order valence-corrected chi connectivity index (χ0v) is 13.6. The lowest BCUT2D eigenvalue weighted by molar-refractivity contribution is 1.05. The molecule has 0 N–H and O–H groups in total. The van der Waals surface area contributed by atoms with E-state index < -0.39 is 0 Å². The highest BCUT2D eigenvalue weighted by Crippen LogP contribution is 2.32.